The van der Waals surface area contributed by atoms with E-state index in [1.807, 2.05) is 12.1 Å². The van der Waals surface area contributed by atoms with E-state index in [1.165, 1.54) is 0 Å². The molecule has 1 unspecified atom stereocenters. The first-order valence-electron chi connectivity index (χ1n) is 6.59. The summed E-state index contributed by atoms with van der Waals surface area (Å²) in [5, 5.41) is 5.96. The van der Waals surface area contributed by atoms with Crippen molar-refractivity contribution in [1.29, 1.82) is 0 Å². The quantitative estimate of drug-likeness (QED) is 0.859. The number of rotatable bonds is 4. The van der Waals surface area contributed by atoms with Crippen LogP contribution in [0.4, 0.5) is 0 Å². The number of guanidine groups is 1. The van der Waals surface area contributed by atoms with Gasteiger partial charge < -0.3 is 14.8 Å². The number of hydrogen-bond acceptors (Lipinski definition) is 5. The van der Waals surface area contributed by atoms with Crippen LogP contribution in [0.5, 0.6) is 11.5 Å². The standard InChI is InChI=1S/C14H17N3O3/c1-19-10-5-3-4-9(12(10)20-2)11-13(18)17-14(16-11)15-8-6-7-8/h3-5,8,11H,6-7H2,1-2H3,(H2,15,16,17,18). The molecule has 20 heavy (non-hydrogen) atoms. The molecule has 106 valence electrons. The Labute approximate surface area is 117 Å². The third-order valence-electron chi connectivity index (χ3n) is 3.39. The molecule has 2 aliphatic rings. The van der Waals surface area contributed by atoms with Crippen molar-refractivity contribution >= 4 is 11.9 Å². The summed E-state index contributed by atoms with van der Waals surface area (Å²) < 4.78 is 10.6. The molecule has 1 aliphatic heterocycles. The summed E-state index contributed by atoms with van der Waals surface area (Å²) in [6.45, 7) is 0. The molecule has 1 atom stereocenters. The highest BCUT2D eigenvalue weighted by atomic mass is 16.5. The van der Waals surface area contributed by atoms with Crippen LogP contribution in [0.1, 0.15) is 24.4 Å². The fraction of sp³-hybridized carbons (Fsp3) is 0.429. The predicted octanol–water partition coefficient (Wildman–Crippen LogP) is 0.983. The summed E-state index contributed by atoms with van der Waals surface area (Å²) in [6, 6.07) is 5.30. The first-order valence-corrected chi connectivity index (χ1v) is 6.59. The van der Waals surface area contributed by atoms with Gasteiger partial charge in [-0.15, -0.1) is 0 Å². The second-order valence-corrected chi connectivity index (χ2v) is 4.87. The molecule has 0 radical (unpaired) electrons. The molecule has 1 fully saturated rings. The van der Waals surface area contributed by atoms with Gasteiger partial charge in [-0.05, 0) is 18.9 Å². The lowest BCUT2D eigenvalue weighted by atomic mass is 10.1. The Hall–Kier alpha value is -2.24. The number of methoxy groups -OCH3 is 2. The summed E-state index contributed by atoms with van der Waals surface area (Å²) in [5.74, 6) is 1.54. The molecule has 1 amide bonds. The van der Waals surface area contributed by atoms with Crippen LogP contribution in [0.3, 0.4) is 0 Å². The number of ether oxygens (including phenoxy) is 2. The third kappa shape index (κ3) is 2.29. The van der Waals surface area contributed by atoms with E-state index in [4.69, 9.17) is 9.47 Å². The monoisotopic (exact) mass is 275 g/mol. The molecule has 0 spiro atoms. The van der Waals surface area contributed by atoms with Gasteiger partial charge in [-0.25, -0.2) is 4.99 Å². The van der Waals surface area contributed by atoms with E-state index in [9.17, 15) is 4.79 Å². The van der Waals surface area contributed by atoms with Crippen molar-refractivity contribution in [3.05, 3.63) is 23.8 Å². The number of carbonyl (C=O) groups excluding carboxylic acids is 1. The summed E-state index contributed by atoms with van der Waals surface area (Å²) >= 11 is 0. The Balaban J connectivity index is 1.91. The molecule has 2 N–H and O–H groups in total. The van der Waals surface area contributed by atoms with Gasteiger partial charge in [0, 0.05) is 11.6 Å². The summed E-state index contributed by atoms with van der Waals surface area (Å²) in [6.07, 6.45) is 2.25. The second kappa shape index (κ2) is 5.03. The fourth-order valence-corrected chi connectivity index (χ4v) is 2.24. The number of hydrogen-bond donors (Lipinski definition) is 2. The topological polar surface area (TPSA) is 72.0 Å². The Morgan fingerprint density at radius 2 is 2.10 bits per heavy atom. The van der Waals surface area contributed by atoms with E-state index in [1.54, 1.807) is 20.3 Å². The molecule has 1 aromatic rings. The van der Waals surface area contributed by atoms with Gasteiger partial charge in [-0.1, -0.05) is 12.1 Å². The molecular formula is C14H17N3O3. The highest BCUT2D eigenvalue weighted by Crippen LogP contribution is 2.37. The highest BCUT2D eigenvalue weighted by Gasteiger charge is 2.33. The SMILES string of the molecule is COc1cccc(C2N=C(NC3CC3)NC2=O)c1OC. The van der Waals surface area contributed by atoms with E-state index >= 15 is 0 Å². The van der Waals surface area contributed by atoms with Gasteiger partial charge in [0.1, 0.15) is 0 Å². The highest BCUT2D eigenvalue weighted by molar-refractivity contribution is 6.05. The van der Waals surface area contributed by atoms with E-state index in [0.29, 0.717) is 29.1 Å². The molecule has 3 rings (SSSR count). The number of benzene rings is 1. The van der Waals surface area contributed by atoms with Crippen LogP contribution in [0, 0.1) is 0 Å². The number of para-hydroxylation sites is 1. The van der Waals surface area contributed by atoms with E-state index in [-0.39, 0.29) is 5.91 Å². The Kier molecular flexibility index (Phi) is 3.22. The maximum absolute atomic E-state index is 12.1. The molecule has 6 nitrogen and oxygen atoms in total. The lowest BCUT2D eigenvalue weighted by Crippen LogP contribution is -2.37. The fourth-order valence-electron chi connectivity index (χ4n) is 2.24. The largest absolute Gasteiger partial charge is 0.493 e. The molecule has 1 aliphatic carbocycles. The van der Waals surface area contributed by atoms with Gasteiger partial charge in [-0.2, -0.15) is 0 Å². The van der Waals surface area contributed by atoms with Crippen LogP contribution in [0.25, 0.3) is 0 Å². The average molecular weight is 275 g/mol. The summed E-state index contributed by atoms with van der Waals surface area (Å²) in [7, 11) is 3.13. The number of nitrogens with one attached hydrogen (secondary N) is 2. The van der Waals surface area contributed by atoms with E-state index < -0.39 is 6.04 Å². The normalized spacial score (nSPS) is 21.2. The van der Waals surface area contributed by atoms with Gasteiger partial charge in [0.05, 0.1) is 14.2 Å². The van der Waals surface area contributed by atoms with Crippen LogP contribution in [-0.4, -0.2) is 32.1 Å². The average Bonchev–Trinajstić information content (AvgIpc) is 3.19. The number of amides is 1. The third-order valence-corrected chi connectivity index (χ3v) is 3.39. The molecular weight excluding hydrogens is 258 g/mol. The van der Waals surface area contributed by atoms with Crippen LogP contribution in [-0.2, 0) is 4.79 Å². The smallest absolute Gasteiger partial charge is 0.256 e. The van der Waals surface area contributed by atoms with Gasteiger partial charge in [0.15, 0.2) is 23.5 Å². The van der Waals surface area contributed by atoms with Crippen molar-refractivity contribution in [1.82, 2.24) is 10.6 Å². The van der Waals surface area contributed by atoms with Crippen molar-refractivity contribution in [2.45, 2.75) is 24.9 Å². The molecule has 0 bridgehead atoms. The minimum atomic E-state index is -0.596. The van der Waals surface area contributed by atoms with Crippen molar-refractivity contribution < 1.29 is 14.3 Å². The minimum absolute atomic E-state index is 0.153. The maximum Gasteiger partial charge on any atom is 0.256 e. The second-order valence-electron chi connectivity index (χ2n) is 4.87. The van der Waals surface area contributed by atoms with Crippen LogP contribution in [0.2, 0.25) is 0 Å². The van der Waals surface area contributed by atoms with Crippen molar-refractivity contribution in [3.63, 3.8) is 0 Å². The molecule has 0 saturated heterocycles. The molecule has 0 aromatic heterocycles. The number of carbonyl (C=O) groups is 1. The lowest BCUT2D eigenvalue weighted by molar-refractivity contribution is -0.120. The Bertz CT molecular complexity index is 567. The first-order chi connectivity index (χ1) is 9.72. The molecule has 1 aromatic carbocycles. The predicted molar refractivity (Wildman–Crippen MR) is 74.0 cm³/mol. The van der Waals surface area contributed by atoms with Crippen LogP contribution >= 0.6 is 0 Å². The van der Waals surface area contributed by atoms with Crippen LogP contribution < -0.4 is 20.1 Å². The number of aliphatic imine (C=N–C) groups is 1. The van der Waals surface area contributed by atoms with Crippen LogP contribution in [0.15, 0.2) is 23.2 Å². The first kappa shape index (κ1) is 12.8. The maximum atomic E-state index is 12.1. The molecule has 1 saturated carbocycles. The summed E-state index contributed by atoms with van der Waals surface area (Å²) in [4.78, 5) is 16.5. The summed E-state index contributed by atoms with van der Waals surface area (Å²) in [5.41, 5.74) is 0.706. The van der Waals surface area contributed by atoms with Gasteiger partial charge in [0.2, 0.25) is 0 Å². The van der Waals surface area contributed by atoms with Gasteiger partial charge >= 0.3 is 0 Å². The lowest BCUT2D eigenvalue weighted by Gasteiger charge is -2.14. The van der Waals surface area contributed by atoms with E-state index in [2.05, 4.69) is 15.6 Å². The Morgan fingerprint density at radius 1 is 1.30 bits per heavy atom. The molecule has 1 heterocycles. The Morgan fingerprint density at radius 3 is 2.75 bits per heavy atom. The van der Waals surface area contributed by atoms with Gasteiger partial charge in [-0.3, -0.25) is 10.1 Å². The number of nitrogens with zero attached hydrogens (tertiary/aromatic N) is 1. The zero-order valence-corrected chi connectivity index (χ0v) is 11.5. The minimum Gasteiger partial charge on any atom is -0.493 e. The van der Waals surface area contributed by atoms with E-state index in [0.717, 1.165) is 12.8 Å². The zero-order valence-electron chi connectivity index (χ0n) is 11.5. The van der Waals surface area contributed by atoms with Crippen molar-refractivity contribution in [2.75, 3.05) is 14.2 Å². The van der Waals surface area contributed by atoms with Crippen molar-refractivity contribution in [3.8, 4) is 11.5 Å². The molecule has 6 heteroatoms. The zero-order chi connectivity index (χ0) is 14.1. The van der Waals surface area contributed by atoms with Gasteiger partial charge in [0.25, 0.3) is 5.91 Å². The van der Waals surface area contributed by atoms with Crippen molar-refractivity contribution in [2.24, 2.45) is 4.99 Å².